The molecule has 1 unspecified atom stereocenters. The highest BCUT2D eigenvalue weighted by Crippen LogP contribution is 2.24. The highest BCUT2D eigenvalue weighted by molar-refractivity contribution is 5.97. The van der Waals surface area contributed by atoms with Crippen molar-refractivity contribution >= 4 is 28.7 Å². The summed E-state index contributed by atoms with van der Waals surface area (Å²) in [5.41, 5.74) is 1.57. The summed E-state index contributed by atoms with van der Waals surface area (Å²) in [5.74, 6) is 0.0273. The Labute approximate surface area is 282 Å². The van der Waals surface area contributed by atoms with Gasteiger partial charge in [-0.05, 0) is 81.1 Å². The fourth-order valence-electron chi connectivity index (χ4n) is 5.32. The first-order valence-corrected chi connectivity index (χ1v) is 16.4. The lowest BCUT2D eigenvalue weighted by Gasteiger charge is -2.27. The number of carbonyl (C=O) groups excluding carboxylic acids is 3. The molecule has 4 N–H and O–H groups in total. The van der Waals surface area contributed by atoms with E-state index < -0.39 is 17.7 Å². The summed E-state index contributed by atoms with van der Waals surface area (Å²) in [6, 6.07) is 20.1. The molecule has 0 saturated heterocycles. The minimum atomic E-state index is -0.741. The molecule has 0 aliphatic heterocycles. The Kier molecular flexibility index (Phi) is 13.1. The third-order valence-corrected chi connectivity index (χ3v) is 7.74. The number of ether oxygens (including phenoxy) is 2. The lowest BCUT2D eigenvalue weighted by Crippen LogP contribution is -2.47. The number of nitrogens with one attached hydrogen (secondary N) is 4. The summed E-state index contributed by atoms with van der Waals surface area (Å²) >= 11 is 0. The highest BCUT2D eigenvalue weighted by Gasteiger charge is 2.25. The zero-order valence-corrected chi connectivity index (χ0v) is 28.5. The molecule has 0 radical (unpaired) electrons. The summed E-state index contributed by atoms with van der Waals surface area (Å²) in [7, 11) is 1.65. The number of methoxy groups -OCH3 is 1. The summed E-state index contributed by atoms with van der Waals surface area (Å²) in [6.45, 7) is 9.88. The molecule has 48 heavy (non-hydrogen) atoms. The number of hydrogen-bond donors (Lipinski definition) is 4. The Morgan fingerprint density at radius 2 is 1.69 bits per heavy atom. The van der Waals surface area contributed by atoms with Crippen molar-refractivity contribution in [1.29, 1.82) is 0 Å². The topological polar surface area (TPSA) is 138 Å². The van der Waals surface area contributed by atoms with Crippen LogP contribution in [0.2, 0.25) is 0 Å². The third kappa shape index (κ3) is 10.9. The molecule has 0 bridgehead atoms. The van der Waals surface area contributed by atoms with Gasteiger partial charge in [-0.1, -0.05) is 54.6 Å². The Hall–Kier alpha value is -4.74. The third-order valence-electron chi connectivity index (χ3n) is 7.74. The lowest BCUT2D eigenvalue weighted by atomic mass is 9.99. The van der Waals surface area contributed by atoms with E-state index in [1.807, 2.05) is 70.2 Å². The van der Waals surface area contributed by atoms with Crippen molar-refractivity contribution in [2.75, 3.05) is 26.8 Å². The Morgan fingerprint density at radius 3 is 2.40 bits per heavy atom. The van der Waals surface area contributed by atoms with Crippen LogP contribution < -0.4 is 16.0 Å². The second kappa shape index (κ2) is 17.4. The Bertz CT molecular complexity index is 1610. The molecule has 3 aromatic carbocycles. The summed E-state index contributed by atoms with van der Waals surface area (Å²) in [6.07, 6.45) is 4.00. The number of amides is 3. The molecule has 2 atom stereocenters. The molecule has 11 nitrogen and oxygen atoms in total. The van der Waals surface area contributed by atoms with Gasteiger partial charge < -0.3 is 30.4 Å². The van der Waals surface area contributed by atoms with Crippen LogP contribution in [0.4, 0.5) is 4.79 Å². The maximum atomic E-state index is 13.6. The van der Waals surface area contributed by atoms with Gasteiger partial charge in [0.05, 0.1) is 19.2 Å². The molecule has 4 rings (SSSR count). The fourth-order valence-corrected chi connectivity index (χ4v) is 5.32. The summed E-state index contributed by atoms with van der Waals surface area (Å²) in [4.78, 5) is 48.9. The number of imidazole rings is 1. The van der Waals surface area contributed by atoms with Gasteiger partial charge in [-0.25, -0.2) is 9.78 Å². The average Bonchev–Trinajstić information content (AvgIpc) is 3.58. The zero-order valence-electron chi connectivity index (χ0n) is 28.5. The average molecular weight is 657 g/mol. The molecule has 0 aliphatic carbocycles. The number of rotatable bonds is 16. The van der Waals surface area contributed by atoms with Crippen LogP contribution in [-0.4, -0.2) is 71.2 Å². The highest BCUT2D eigenvalue weighted by atomic mass is 16.6. The van der Waals surface area contributed by atoms with Gasteiger partial charge in [0.15, 0.2) is 0 Å². The van der Waals surface area contributed by atoms with Gasteiger partial charge >= 0.3 is 6.09 Å². The van der Waals surface area contributed by atoms with Crippen LogP contribution in [-0.2, 0) is 27.4 Å². The van der Waals surface area contributed by atoms with Crippen molar-refractivity contribution in [2.24, 2.45) is 0 Å². The lowest BCUT2D eigenvalue weighted by molar-refractivity contribution is -0.123. The normalized spacial score (nSPS) is 12.7. The molecule has 0 fully saturated rings. The van der Waals surface area contributed by atoms with E-state index in [2.05, 4.69) is 25.9 Å². The van der Waals surface area contributed by atoms with Gasteiger partial charge in [0.25, 0.3) is 5.91 Å². The monoisotopic (exact) mass is 656 g/mol. The van der Waals surface area contributed by atoms with Crippen molar-refractivity contribution in [3.8, 4) is 0 Å². The number of aromatic amines is 1. The predicted molar refractivity (Wildman–Crippen MR) is 186 cm³/mol. The van der Waals surface area contributed by atoms with Gasteiger partial charge in [0, 0.05) is 38.2 Å². The first kappa shape index (κ1) is 36.1. The van der Waals surface area contributed by atoms with Crippen molar-refractivity contribution in [1.82, 2.24) is 30.8 Å². The van der Waals surface area contributed by atoms with E-state index in [9.17, 15) is 14.4 Å². The Morgan fingerprint density at radius 1 is 0.938 bits per heavy atom. The van der Waals surface area contributed by atoms with Crippen molar-refractivity contribution in [3.05, 3.63) is 102 Å². The van der Waals surface area contributed by atoms with Gasteiger partial charge in [-0.15, -0.1) is 0 Å². The quantitative estimate of drug-likeness (QED) is 0.117. The maximum absolute atomic E-state index is 13.6. The van der Waals surface area contributed by atoms with E-state index in [0.29, 0.717) is 43.9 Å². The molecule has 0 aliphatic rings. The number of nitrogens with zero attached hydrogens (tertiary/aromatic N) is 2. The van der Waals surface area contributed by atoms with Crippen LogP contribution in [0.3, 0.4) is 0 Å². The smallest absolute Gasteiger partial charge is 0.410 e. The van der Waals surface area contributed by atoms with E-state index in [-0.39, 0.29) is 30.9 Å². The molecule has 1 aromatic heterocycles. The van der Waals surface area contributed by atoms with E-state index in [4.69, 9.17) is 9.47 Å². The minimum absolute atomic E-state index is 0.235. The molecule has 11 heteroatoms. The van der Waals surface area contributed by atoms with Crippen molar-refractivity contribution in [3.63, 3.8) is 0 Å². The molecule has 256 valence electrons. The molecule has 3 amide bonds. The van der Waals surface area contributed by atoms with Crippen LogP contribution >= 0.6 is 0 Å². The largest absolute Gasteiger partial charge is 0.444 e. The Balaban J connectivity index is 1.44. The van der Waals surface area contributed by atoms with Crippen molar-refractivity contribution < 1.29 is 23.9 Å². The predicted octanol–water partition coefficient (Wildman–Crippen LogP) is 5.49. The van der Waals surface area contributed by atoms with Crippen LogP contribution in [0, 0.1) is 0 Å². The van der Waals surface area contributed by atoms with E-state index in [1.54, 1.807) is 48.7 Å². The summed E-state index contributed by atoms with van der Waals surface area (Å²) < 4.78 is 10.7. The van der Waals surface area contributed by atoms with E-state index in [0.717, 1.165) is 21.9 Å². The molecule has 4 aromatic rings. The van der Waals surface area contributed by atoms with Crippen molar-refractivity contribution in [2.45, 2.75) is 71.3 Å². The molecule has 0 spiro atoms. The second-order valence-corrected chi connectivity index (χ2v) is 12.8. The molecule has 1 heterocycles. The fraction of sp³-hybridized carbons (Fsp3) is 0.405. The van der Waals surface area contributed by atoms with Gasteiger partial charge in [0.1, 0.15) is 17.5 Å². The van der Waals surface area contributed by atoms with Gasteiger partial charge in [-0.2, -0.15) is 0 Å². The number of fused-ring (bicyclic) bond motifs is 1. The maximum Gasteiger partial charge on any atom is 0.410 e. The molecular weight excluding hydrogens is 608 g/mol. The number of H-pyrrole nitrogens is 1. The van der Waals surface area contributed by atoms with E-state index >= 15 is 0 Å². The molecule has 0 saturated carbocycles. The van der Waals surface area contributed by atoms with E-state index in [1.165, 1.54) is 0 Å². The number of hydrogen-bond acceptors (Lipinski definition) is 7. The van der Waals surface area contributed by atoms with Gasteiger partial charge in [0.2, 0.25) is 5.91 Å². The zero-order chi connectivity index (χ0) is 34.5. The second-order valence-electron chi connectivity index (χ2n) is 12.8. The van der Waals surface area contributed by atoms with Crippen LogP contribution in [0.15, 0.2) is 79.1 Å². The van der Waals surface area contributed by atoms with Crippen LogP contribution in [0.5, 0.6) is 0 Å². The number of aromatic nitrogens is 2. The van der Waals surface area contributed by atoms with Gasteiger partial charge in [-0.3, -0.25) is 14.5 Å². The first-order chi connectivity index (χ1) is 23.0. The number of carbonyl (C=O) groups is 3. The SMILES string of the molecule is COCCNCCC[C@H](NC(=O)c1ccc(CN(Cc2ncc[nH]2)C(=O)OC(C)(C)C)cc1)C(=O)NC(C)c1cccc2ccccc12. The van der Waals surface area contributed by atoms with Crippen LogP contribution in [0.25, 0.3) is 10.8 Å². The molecular formula is C37H48N6O5. The number of benzene rings is 3. The summed E-state index contributed by atoms with van der Waals surface area (Å²) in [5, 5.41) is 11.6. The minimum Gasteiger partial charge on any atom is -0.444 e. The first-order valence-electron chi connectivity index (χ1n) is 16.4. The van der Waals surface area contributed by atoms with Crippen LogP contribution in [0.1, 0.15) is 73.9 Å². The standard InChI is InChI=1S/C37H48N6O5/c1-26(30-13-8-11-28-10-6-7-12-31(28)30)41-35(45)32(14-9-19-38-22-23-47-5)42-34(44)29-17-15-27(16-18-29)24-43(25-33-39-20-21-40-33)36(46)48-37(2,3)4/h6-8,10-13,15-18,20-21,26,32,38H,9,14,19,22-25H2,1-5H3,(H,39,40)(H,41,45)(H,42,44)/t26?,32-/m0/s1.